The second-order valence-electron chi connectivity index (χ2n) is 3.33. The molecule has 0 aliphatic carbocycles. The van der Waals surface area contributed by atoms with Gasteiger partial charge in [0, 0.05) is 33.9 Å². The molecule has 1 heterocycles. The quantitative estimate of drug-likeness (QED) is 0.730. The number of fused-ring (bicyclic) bond motifs is 1. The Labute approximate surface area is 92.9 Å². The van der Waals surface area contributed by atoms with Crippen molar-refractivity contribution in [2.45, 2.75) is 12.8 Å². The Kier molecular flexibility index (Phi) is 3.34. The minimum Gasteiger partial charge on any atom is -0.361 e. The summed E-state index contributed by atoms with van der Waals surface area (Å²) in [5.74, 6) is -0.0236. The third-order valence-corrected chi connectivity index (χ3v) is 2.21. The first-order valence-electron chi connectivity index (χ1n) is 4.28. The minimum absolute atomic E-state index is 0. The van der Waals surface area contributed by atoms with E-state index in [4.69, 9.17) is 0 Å². The number of halogens is 1. The Morgan fingerprint density at radius 3 is 2.79 bits per heavy atom. The molecular formula is C11H11CoFN-. The third-order valence-electron chi connectivity index (χ3n) is 2.21. The van der Waals surface area contributed by atoms with Gasteiger partial charge in [-0.2, -0.15) is 0 Å². The van der Waals surface area contributed by atoms with E-state index < -0.39 is 0 Å². The molecule has 1 unspecified atom stereocenters. The van der Waals surface area contributed by atoms with Gasteiger partial charge in [-0.15, -0.1) is 5.92 Å². The summed E-state index contributed by atoms with van der Waals surface area (Å²) < 4.78 is 12.9. The maximum Gasteiger partial charge on any atom is 0.123 e. The SMILES string of the molecule is [CH2-]C(C)c1c[nH]c2ccc(F)cc12.[Co]. The molecule has 0 fully saturated rings. The molecule has 1 radical (unpaired) electrons. The molecule has 3 heteroatoms. The Morgan fingerprint density at radius 1 is 1.43 bits per heavy atom. The molecule has 1 atom stereocenters. The molecule has 0 aliphatic rings. The van der Waals surface area contributed by atoms with E-state index in [1.807, 2.05) is 13.1 Å². The summed E-state index contributed by atoms with van der Waals surface area (Å²) in [7, 11) is 0. The van der Waals surface area contributed by atoms with Crippen molar-refractivity contribution in [3.8, 4) is 0 Å². The van der Waals surface area contributed by atoms with Crippen molar-refractivity contribution in [2.24, 2.45) is 0 Å². The smallest absolute Gasteiger partial charge is 0.123 e. The normalized spacial score (nSPS) is 12.5. The zero-order chi connectivity index (χ0) is 9.42. The van der Waals surface area contributed by atoms with Crippen LogP contribution in [0.25, 0.3) is 10.9 Å². The fourth-order valence-electron chi connectivity index (χ4n) is 1.52. The van der Waals surface area contributed by atoms with Crippen molar-refractivity contribution in [3.63, 3.8) is 0 Å². The fraction of sp³-hybridized carbons (Fsp3) is 0.182. The fourth-order valence-corrected chi connectivity index (χ4v) is 1.52. The van der Waals surface area contributed by atoms with Crippen molar-refractivity contribution in [2.75, 3.05) is 0 Å². The van der Waals surface area contributed by atoms with Crippen molar-refractivity contribution in [3.05, 3.63) is 42.7 Å². The van der Waals surface area contributed by atoms with E-state index in [2.05, 4.69) is 11.9 Å². The van der Waals surface area contributed by atoms with Crippen LogP contribution in [0.2, 0.25) is 0 Å². The summed E-state index contributed by atoms with van der Waals surface area (Å²) in [6.45, 7) is 5.91. The molecule has 0 spiro atoms. The van der Waals surface area contributed by atoms with Gasteiger partial charge < -0.3 is 11.9 Å². The van der Waals surface area contributed by atoms with Gasteiger partial charge in [-0.1, -0.05) is 6.92 Å². The van der Waals surface area contributed by atoms with Crippen LogP contribution in [0, 0.1) is 12.7 Å². The van der Waals surface area contributed by atoms with Gasteiger partial charge in [-0.05, 0) is 23.8 Å². The Hall–Kier alpha value is -0.804. The number of hydrogen-bond donors (Lipinski definition) is 1. The van der Waals surface area contributed by atoms with Crippen LogP contribution >= 0.6 is 0 Å². The van der Waals surface area contributed by atoms with Gasteiger partial charge in [0.05, 0.1) is 0 Å². The van der Waals surface area contributed by atoms with E-state index in [0.29, 0.717) is 0 Å². The molecule has 1 N–H and O–H groups in total. The molecule has 0 aliphatic heterocycles. The van der Waals surface area contributed by atoms with Gasteiger partial charge in [0.2, 0.25) is 0 Å². The molecule has 1 nitrogen and oxygen atoms in total. The largest absolute Gasteiger partial charge is 0.361 e. The van der Waals surface area contributed by atoms with Gasteiger partial charge in [0.15, 0.2) is 0 Å². The zero-order valence-corrected chi connectivity index (χ0v) is 8.85. The van der Waals surface area contributed by atoms with Gasteiger partial charge >= 0.3 is 0 Å². The molecule has 2 rings (SSSR count). The number of aromatic amines is 1. The number of benzene rings is 1. The number of aromatic nitrogens is 1. The van der Waals surface area contributed by atoms with E-state index in [-0.39, 0.29) is 28.5 Å². The van der Waals surface area contributed by atoms with Crippen molar-refractivity contribution in [1.82, 2.24) is 4.98 Å². The van der Waals surface area contributed by atoms with Crippen LogP contribution < -0.4 is 0 Å². The first kappa shape index (κ1) is 11.3. The molecule has 2 aromatic rings. The van der Waals surface area contributed by atoms with Crippen LogP contribution in [-0.4, -0.2) is 4.98 Å². The molecule has 77 valence electrons. The molecule has 1 aromatic heterocycles. The Bertz CT molecular complexity index is 434. The van der Waals surface area contributed by atoms with E-state index in [9.17, 15) is 4.39 Å². The molecular weight excluding hydrogens is 224 g/mol. The maximum atomic E-state index is 12.9. The van der Waals surface area contributed by atoms with Crippen LogP contribution in [0.3, 0.4) is 0 Å². The van der Waals surface area contributed by atoms with E-state index in [0.717, 1.165) is 16.5 Å². The summed E-state index contributed by atoms with van der Waals surface area (Å²) in [5.41, 5.74) is 2.03. The van der Waals surface area contributed by atoms with E-state index in [1.54, 1.807) is 12.1 Å². The topological polar surface area (TPSA) is 15.8 Å². The second kappa shape index (κ2) is 4.15. The molecule has 0 bridgehead atoms. The zero-order valence-electron chi connectivity index (χ0n) is 7.81. The monoisotopic (exact) mass is 235 g/mol. The number of H-pyrrole nitrogens is 1. The van der Waals surface area contributed by atoms with E-state index >= 15 is 0 Å². The van der Waals surface area contributed by atoms with E-state index in [1.165, 1.54) is 6.07 Å². The molecule has 14 heavy (non-hydrogen) atoms. The summed E-state index contributed by atoms with van der Waals surface area (Å²) in [6, 6.07) is 4.75. The van der Waals surface area contributed by atoms with Gasteiger partial charge in [-0.25, -0.2) is 4.39 Å². The Balaban J connectivity index is 0.000000980. The predicted molar refractivity (Wildman–Crippen MR) is 52.0 cm³/mol. The van der Waals surface area contributed by atoms with Gasteiger partial charge in [-0.3, -0.25) is 0 Å². The van der Waals surface area contributed by atoms with Crippen LogP contribution in [0.15, 0.2) is 24.4 Å². The van der Waals surface area contributed by atoms with Gasteiger partial charge in [0.25, 0.3) is 0 Å². The molecule has 0 amide bonds. The number of hydrogen-bond acceptors (Lipinski definition) is 0. The molecule has 0 saturated heterocycles. The molecule has 0 saturated carbocycles. The average molecular weight is 235 g/mol. The van der Waals surface area contributed by atoms with Crippen molar-refractivity contribution in [1.29, 1.82) is 0 Å². The average Bonchev–Trinajstić information content (AvgIpc) is 2.46. The van der Waals surface area contributed by atoms with Crippen LogP contribution in [0.5, 0.6) is 0 Å². The Morgan fingerprint density at radius 2 is 2.14 bits per heavy atom. The maximum absolute atomic E-state index is 12.9. The molecule has 1 aromatic carbocycles. The summed E-state index contributed by atoms with van der Waals surface area (Å²) in [6.07, 6.45) is 1.89. The summed E-state index contributed by atoms with van der Waals surface area (Å²) in [5, 5.41) is 0.933. The van der Waals surface area contributed by atoms with Crippen LogP contribution in [0.1, 0.15) is 18.4 Å². The van der Waals surface area contributed by atoms with Crippen LogP contribution in [-0.2, 0) is 16.8 Å². The van der Waals surface area contributed by atoms with Crippen LogP contribution in [0.4, 0.5) is 4.39 Å². The third kappa shape index (κ3) is 1.83. The first-order valence-corrected chi connectivity index (χ1v) is 4.28. The minimum atomic E-state index is -0.200. The summed E-state index contributed by atoms with van der Waals surface area (Å²) >= 11 is 0. The van der Waals surface area contributed by atoms with Gasteiger partial charge in [0.1, 0.15) is 5.82 Å². The standard InChI is InChI=1S/C11H11FN.Co/c1-7(2)10-6-13-11-4-3-8(12)5-9(10)11;/h3-7,13H,1H2,2H3;/q-1;. The number of nitrogens with one attached hydrogen (secondary N) is 1. The number of rotatable bonds is 1. The van der Waals surface area contributed by atoms with Crippen molar-refractivity contribution < 1.29 is 21.2 Å². The first-order chi connectivity index (χ1) is 6.18. The predicted octanol–water partition coefficient (Wildman–Crippen LogP) is 3.24. The summed E-state index contributed by atoms with van der Waals surface area (Å²) in [4.78, 5) is 3.09. The van der Waals surface area contributed by atoms with Crippen molar-refractivity contribution >= 4 is 10.9 Å². The second-order valence-corrected chi connectivity index (χ2v) is 3.33.